The minimum atomic E-state index is 0.00464. The minimum Gasteiger partial charge on any atom is -0.396 e. The predicted molar refractivity (Wildman–Crippen MR) is 82.9 cm³/mol. The predicted octanol–water partition coefficient (Wildman–Crippen LogP) is 2.71. The summed E-state index contributed by atoms with van der Waals surface area (Å²) in [6.45, 7) is 7.14. The van der Waals surface area contributed by atoms with Crippen LogP contribution < -0.4 is 11.1 Å². The Hall–Kier alpha value is -1.23. The highest BCUT2D eigenvalue weighted by atomic mass is 16.3. The van der Waals surface area contributed by atoms with Crippen LogP contribution in [0.25, 0.3) is 0 Å². The Labute approximate surface area is 121 Å². The lowest BCUT2D eigenvalue weighted by Crippen LogP contribution is -2.36. The molecule has 0 aromatic carbocycles. The molecule has 4 N–H and O–H groups in total. The molecule has 0 radical (unpaired) electrons. The van der Waals surface area contributed by atoms with Crippen LogP contribution in [0.5, 0.6) is 0 Å². The number of rotatable bonds is 5. The number of aliphatic hydroxyl groups is 1. The van der Waals surface area contributed by atoms with E-state index < -0.39 is 0 Å². The van der Waals surface area contributed by atoms with Crippen LogP contribution in [0.15, 0.2) is 0 Å². The summed E-state index contributed by atoms with van der Waals surface area (Å²) in [7, 11) is 0. The summed E-state index contributed by atoms with van der Waals surface area (Å²) in [5.74, 6) is 0.899. The van der Waals surface area contributed by atoms with E-state index in [1.54, 1.807) is 0 Å². The molecule has 0 aliphatic heterocycles. The summed E-state index contributed by atoms with van der Waals surface area (Å²) in [6.07, 6.45) is 5.88. The van der Waals surface area contributed by atoms with E-state index in [0.29, 0.717) is 0 Å². The molecule has 114 valence electrons. The average Bonchev–Trinajstić information content (AvgIpc) is 2.74. The number of nitrogens with one attached hydrogen (secondary N) is 1. The summed E-state index contributed by atoms with van der Waals surface area (Å²) in [5.41, 5.74) is 7.73. The van der Waals surface area contributed by atoms with Crippen molar-refractivity contribution in [2.45, 2.75) is 58.9 Å². The van der Waals surface area contributed by atoms with Gasteiger partial charge in [-0.1, -0.05) is 19.3 Å². The van der Waals surface area contributed by atoms with Gasteiger partial charge in [-0.05, 0) is 33.6 Å². The van der Waals surface area contributed by atoms with Crippen LogP contribution in [0.3, 0.4) is 0 Å². The second-order valence-corrected chi connectivity index (χ2v) is 6.46. The van der Waals surface area contributed by atoms with Gasteiger partial charge in [-0.3, -0.25) is 0 Å². The molecule has 1 aliphatic carbocycles. The normalized spacial score (nSPS) is 18.4. The lowest BCUT2D eigenvalue weighted by molar-refractivity contribution is 0.0942. The fraction of sp³-hybridized carbons (Fsp3) is 0.800. The zero-order valence-electron chi connectivity index (χ0n) is 12.9. The van der Waals surface area contributed by atoms with Gasteiger partial charge in [0.25, 0.3) is 0 Å². The van der Waals surface area contributed by atoms with Crippen molar-refractivity contribution < 1.29 is 5.11 Å². The van der Waals surface area contributed by atoms with Gasteiger partial charge in [0.05, 0.1) is 18.0 Å². The van der Waals surface area contributed by atoms with Crippen molar-refractivity contribution in [3.63, 3.8) is 0 Å². The number of nitrogens with zero attached hydrogens (tertiary/aromatic N) is 2. The maximum atomic E-state index is 9.78. The second-order valence-electron chi connectivity index (χ2n) is 6.46. The SMILES string of the molecule is Cc1nn(C(C)C)c(NCC2(CO)CCCCC2)c1N. The molecule has 5 heteroatoms. The zero-order chi connectivity index (χ0) is 14.8. The number of aryl methyl sites for hydroxylation is 1. The van der Waals surface area contributed by atoms with Gasteiger partial charge in [0.15, 0.2) is 0 Å². The molecule has 1 aromatic heterocycles. The van der Waals surface area contributed by atoms with Crippen LogP contribution in [-0.4, -0.2) is 28.0 Å². The fourth-order valence-corrected chi connectivity index (χ4v) is 3.07. The first-order chi connectivity index (χ1) is 9.49. The zero-order valence-corrected chi connectivity index (χ0v) is 12.9. The first kappa shape index (κ1) is 15.2. The molecule has 0 unspecified atom stereocenters. The average molecular weight is 280 g/mol. The topological polar surface area (TPSA) is 76.1 Å². The minimum absolute atomic E-state index is 0.00464. The Morgan fingerprint density at radius 1 is 1.35 bits per heavy atom. The molecule has 0 atom stereocenters. The van der Waals surface area contributed by atoms with Crippen molar-refractivity contribution in [3.05, 3.63) is 5.69 Å². The van der Waals surface area contributed by atoms with E-state index in [0.717, 1.165) is 36.6 Å². The summed E-state index contributed by atoms with van der Waals surface area (Å²) in [6, 6.07) is 0.268. The molecule has 0 amide bonds. The van der Waals surface area contributed by atoms with E-state index in [4.69, 9.17) is 5.73 Å². The van der Waals surface area contributed by atoms with E-state index in [9.17, 15) is 5.11 Å². The first-order valence-corrected chi connectivity index (χ1v) is 7.68. The molecule has 1 fully saturated rings. The quantitative estimate of drug-likeness (QED) is 0.775. The van der Waals surface area contributed by atoms with Crippen LogP contribution in [0.4, 0.5) is 11.5 Å². The van der Waals surface area contributed by atoms with Crippen molar-refractivity contribution in [1.82, 2.24) is 9.78 Å². The highest BCUT2D eigenvalue weighted by molar-refractivity contribution is 5.65. The summed E-state index contributed by atoms with van der Waals surface area (Å²) < 4.78 is 1.94. The van der Waals surface area contributed by atoms with Crippen molar-refractivity contribution in [2.75, 3.05) is 24.2 Å². The highest BCUT2D eigenvalue weighted by Crippen LogP contribution is 2.37. The maximum Gasteiger partial charge on any atom is 0.148 e. The molecular formula is C15H28N4O. The monoisotopic (exact) mass is 280 g/mol. The number of hydrogen-bond donors (Lipinski definition) is 3. The highest BCUT2D eigenvalue weighted by Gasteiger charge is 2.31. The van der Waals surface area contributed by atoms with E-state index in [1.165, 1.54) is 19.3 Å². The molecule has 0 spiro atoms. The van der Waals surface area contributed by atoms with E-state index in [1.807, 2.05) is 11.6 Å². The van der Waals surface area contributed by atoms with Gasteiger partial charge in [0, 0.05) is 18.0 Å². The van der Waals surface area contributed by atoms with E-state index in [-0.39, 0.29) is 18.1 Å². The number of hydrogen-bond acceptors (Lipinski definition) is 4. The molecule has 1 aliphatic rings. The third-order valence-electron chi connectivity index (χ3n) is 4.50. The summed E-state index contributed by atoms with van der Waals surface area (Å²) in [4.78, 5) is 0. The van der Waals surface area contributed by atoms with Gasteiger partial charge in [-0.2, -0.15) is 5.10 Å². The molecule has 1 aromatic rings. The Balaban J connectivity index is 2.13. The van der Waals surface area contributed by atoms with E-state index >= 15 is 0 Å². The molecule has 20 heavy (non-hydrogen) atoms. The summed E-state index contributed by atoms with van der Waals surface area (Å²) >= 11 is 0. The second kappa shape index (κ2) is 6.04. The van der Waals surface area contributed by atoms with Gasteiger partial charge in [0.2, 0.25) is 0 Å². The first-order valence-electron chi connectivity index (χ1n) is 7.68. The molecule has 5 nitrogen and oxygen atoms in total. The largest absolute Gasteiger partial charge is 0.396 e. The summed E-state index contributed by atoms with van der Waals surface area (Å²) in [5, 5.41) is 17.7. The van der Waals surface area contributed by atoms with Crippen LogP contribution >= 0.6 is 0 Å². The van der Waals surface area contributed by atoms with Gasteiger partial charge >= 0.3 is 0 Å². The molecular weight excluding hydrogens is 252 g/mol. The molecule has 1 saturated carbocycles. The number of aromatic nitrogens is 2. The lowest BCUT2D eigenvalue weighted by Gasteiger charge is -2.36. The van der Waals surface area contributed by atoms with Crippen LogP contribution in [0.2, 0.25) is 0 Å². The van der Waals surface area contributed by atoms with Gasteiger partial charge in [-0.15, -0.1) is 0 Å². The standard InChI is InChI=1S/C15H28N4O/c1-11(2)19-14(13(16)12(3)18-19)17-9-15(10-20)7-5-4-6-8-15/h11,17,20H,4-10,16H2,1-3H3. The van der Waals surface area contributed by atoms with Crippen molar-refractivity contribution in [1.29, 1.82) is 0 Å². The Bertz CT molecular complexity index is 447. The maximum absolute atomic E-state index is 9.78. The third-order valence-corrected chi connectivity index (χ3v) is 4.50. The fourth-order valence-electron chi connectivity index (χ4n) is 3.07. The van der Waals surface area contributed by atoms with Gasteiger partial charge in [0.1, 0.15) is 5.82 Å². The number of nitrogen functional groups attached to an aromatic ring is 1. The smallest absolute Gasteiger partial charge is 0.148 e. The number of anilines is 2. The van der Waals surface area contributed by atoms with Gasteiger partial charge < -0.3 is 16.2 Å². The molecule has 0 bridgehead atoms. The number of aliphatic hydroxyl groups excluding tert-OH is 1. The van der Waals surface area contributed by atoms with Crippen molar-refractivity contribution >= 4 is 11.5 Å². The Morgan fingerprint density at radius 2 is 2.00 bits per heavy atom. The Morgan fingerprint density at radius 3 is 2.55 bits per heavy atom. The van der Waals surface area contributed by atoms with Crippen molar-refractivity contribution in [3.8, 4) is 0 Å². The van der Waals surface area contributed by atoms with E-state index in [2.05, 4.69) is 24.3 Å². The molecule has 1 heterocycles. The van der Waals surface area contributed by atoms with Gasteiger partial charge in [-0.25, -0.2) is 4.68 Å². The Kier molecular flexibility index (Phi) is 4.58. The number of nitrogens with two attached hydrogens (primary N) is 1. The van der Waals surface area contributed by atoms with Crippen LogP contribution in [-0.2, 0) is 0 Å². The molecule has 0 saturated heterocycles. The van der Waals surface area contributed by atoms with Crippen molar-refractivity contribution in [2.24, 2.45) is 5.41 Å². The van der Waals surface area contributed by atoms with Crippen LogP contribution in [0, 0.1) is 12.3 Å². The lowest BCUT2D eigenvalue weighted by atomic mass is 9.74. The molecule has 2 rings (SSSR count). The van der Waals surface area contributed by atoms with Crippen LogP contribution in [0.1, 0.15) is 57.7 Å². The third kappa shape index (κ3) is 2.92.